The lowest BCUT2D eigenvalue weighted by Crippen LogP contribution is -2.38. The van der Waals surface area contributed by atoms with Crippen molar-refractivity contribution in [2.45, 2.75) is 69.0 Å². The number of hydrogen-bond donors (Lipinski definition) is 2. The topological polar surface area (TPSA) is 153 Å². The fourth-order valence-corrected chi connectivity index (χ4v) is 4.06. The number of rotatable bonds is 11. The van der Waals surface area contributed by atoms with Gasteiger partial charge in [-0.15, -0.1) is 0 Å². The van der Waals surface area contributed by atoms with Gasteiger partial charge in [0.05, 0.1) is 29.8 Å². The normalized spacial score (nSPS) is 20.6. The van der Waals surface area contributed by atoms with E-state index in [0.717, 1.165) is 12.1 Å². The highest BCUT2D eigenvalue weighted by Gasteiger charge is 2.32. The lowest BCUT2D eigenvalue weighted by molar-refractivity contribution is -0.147. The van der Waals surface area contributed by atoms with Crippen LogP contribution in [0, 0.1) is 5.92 Å². The highest BCUT2D eigenvalue weighted by molar-refractivity contribution is 7.85. The minimum atomic E-state index is -4.46. The molecule has 184 valence electrons. The van der Waals surface area contributed by atoms with Gasteiger partial charge in [-0.2, -0.15) is 8.42 Å². The minimum absolute atomic E-state index is 0.0589. The third-order valence-corrected chi connectivity index (χ3v) is 6.14. The fraction of sp³-hybridized carbons (Fsp3) is 0.591. The molecule has 3 unspecified atom stereocenters. The van der Waals surface area contributed by atoms with E-state index in [2.05, 4.69) is 0 Å². The Morgan fingerprint density at radius 2 is 1.73 bits per heavy atom. The van der Waals surface area contributed by atoms with Gasteiger partial charge in [-0.1, -0.05) is 6.07 Å². The lowest BCUT2D eigenvalue weighted by Gasteiger charge is -2.32. The molecule has 0 bridgehead atoms. The van der Waals surface area contributed by atoms with E-state index >= 15 is 0 Å². The summed E-state index contributed by atoms with van der Waals surface area (Å²) in [5.74, 6) is -1.55. The molecule has 1 aliphatic rings. The van der Waals surface area contributed by atoms with Crippen LogP contribution in [-0.4, -0.2) is 61.4 Å². The summed E-state index contributed by atoms with van der Waals surface area (Å²) in [5, 5.41) is 10.4. The van der Waals surface area contributed by atoms with Crippen LogP contribution in [0.15, 0.2) is 29.2 Å². The molecule has 1 aromatic carbocycles. The van der Waals surface area contributed by atoms with Crippen LogP contribution in [0.1, 0.15) is 62.2 Å². The Bertz CT molecular complexity index is 927. The second kappa shape index (κ2) is 12.7. The second-order valence-corrected chi connectivity index (χ2v) is 9.31. The summed E-state index contributed by atoms with van der Waals surface area (Å²) in [6, 6.07) is 4.80. The van der Waals surface area contributed by atoms with Gasteiger partial charge in [0.25, 0.3) is 10.1 Å². The number of carbonyl (C=O) groups is 3. The van der Waals surface area contributed by atoms with Crippen molar-refractivity contribution in [3.63, 3.8) is 0 Å². The lowest BCUT2D eigenvalue weighted by atomic mass is 9.85. The van der Waals surface area contributed by atoms with E-state index in [9.17, 15) is 27.9 Å². The van der Waals surface area contributed by atoms with Crippen LogP contribution in [0.4, 0.5) is 0 Å². The predicted octanol–water partition coefficient (Wildman–Crippen LogP) is 2.29. The summed E-state index contributed by atoms with van der Waals surface area (Å²) in [6.45, 7) is 2.20. The number of aliphatic hydroxyl groups is 1. The van der Waals surface area contributed by atoms with Crippen LogP contribution in [0.3, 0.4) is 0 Å². The quantitative estimate of drug-likeness (QED) is 0.206. The maximum absolute atomic E-state index is 12.3. The smallest absolute Gasteiger partial charge is 0.338 e. The first-order chi connectivity index (χ1) is 15.6. The average molecular weight is 487 g/mol. The molecule has 0 spiro atoms. The molecular weight excluding hydrogens is 456 g/mol. The first kappa shape index (κ1) is 26.7. The van der Waals surface area contributed by atoms with Gasteiger partial charge in [-0.05, 0) is 63.1 Å². The van der Waals surface area contributed by atoms with Crippen LogP contribution in [0.2, 0.25) is 0 Å². The summed E-state index contributed by atoms with van der Waals surface area (Å²) in [7, 11) is -4.46. The number of hydrogen-bond acceptors (Lipinski definition) is 9. The van der Waals surface area contributed by atoms with Crippen molar-refractivity contribution < 1.29 is 46.7 Å². The molecule has 10 nitrogen and oxygen atoms in total. The molecule has 0 amide bonds. The SMILES string of the molecule is CCOC(=O)CCCCC(=O)OCC1CCC(OC(=O)c2cccc(S(=O)(=O)O)c2)C(O)C1. The average Bonchev–Trinajstić information content (AvgIpc) is 2.76. The predicted molar refractivity (Wildman–Crippen MR) is 115 cm³/mol. The van der Waals surface area contributed by atoms with E-state index in [-0.39, 0.29) is 49.3 Å². The largest absolute Gasteiger partial charge is 0.466 e. The van der Waals surface area contributed by atoms with Gasteiger partial charge < -0.3 is 19.3 Å². The molecule has 33 heavy (non-hydrogen) atoms. The number of aliphatic hydroxyl groups excluding tert-OH is 1. The monoisotopic (exact) mass is 486 g/mol. The third kappa shape index (κ3) is 9.10. The number of carbonyl (C=O) groups excluding carboxylic acids is 3. The molecule has 0 aromatic heterocycles. The first-order valence-electron chi connectivity index (χ1n) is 10.9. The number of unbranched alkanes of at least 4 members (excludes halogenated alkanes) is 1. The Morgan fingerprint density at radius 3 is 2.33 bits per heavy atom. The zero-order valence-electron chi connectivity index (χ0n) is 18.5. The Labute approximate surface area is 193 Å². The van der Waals surface area contributed by atoms with Crippen LogP contribution in [0.25, 0.3) is 0 Å². The van der Waals surface area contributed by atoms with E-state index in [1.165, 1.54) is 12.1 Å². The van der Waals surface area contributed by atoms with Crippen molar-refractivity contribution in [2.24, 2.45) is 5.92 Å². The highest BCUT2D eigenvalue weighted by atomic mass is 32.2. The van der Waals surface area contributed by atoms with Crippen molar-refractivity contribution in [1.82, 2.24) is 0 Å². The van der Waals surface area contributed by atoms with Gasteiger partial charge in [0.2, 0.25) is 0 Å². The fourth-order valence-electron chi connectivity index (χ4n) is 3.54. The van der Waals surface area contributed by atoms with Crippen molar-refractivity contribution >= 4 is 28.0 Å². The maximum atomic E-state index is 12.3. The first-order valence-corrected chi connectivity index (χ1v) is 12.3. The molecule has 0 radical (unpaired) electrons. The van der Waals surface area contributed by atoms with Crippen LogP contribution in [-0.2, 0) is 33.9 Å². The van der Waals surface area contributed by atoms with Crippen molar-refractivity contribution in [3.8, 4) is 0 Å². The molecule has 1 aliphatic carbocycles. The molecule has 11 heteroatoms. The van der Waals surface area contributed by atoms with Crippen LogP contribution in [0.5, 0.6) is 0 Å². The maximum Gasteiger partial charge on any atom is 0.338 e. The van der Waals surface area contributed by atoms with E-state index < -0.39 is 33.2 Å². The molecule has 2 rings (SSSR count). The Kier molecular flexibility index (Phi) is 10.3. The zero-order valence-corrected chi connectivity index (χ0v) is 19.3. The number of benzene rings is 1. The summed E-state index contributed by atoms with van der Waals surface area (Å²) in [5.41, 5.74) is -0.0589. The van der Waals surface area contributed by atoms with E-state index in [0.29, 0.717) is 32.3 Å². The van der Waals surface area contributed by atoms with Crippen LogP contribution < -0.4 is 0 Å². The standard InChI is InChI=1S/C22H30O10S/c1-2-30-20(24)8-3-4-9-21(25)31-14-15-10-11-19(18(23)12-15)32-22(26)16-6-5-7-17(13-16)33(27,28)29/h5-7,13,15,18-19,23H,2-4,8-12,14H2,1H3,(H,27,28,29). The van der Waals surface area contributed by atoms with Gasteiger partial charge in [0.1, 0.15) is 6.10 Å². The highest BCUT2D eigenvalue weighted by Crippen LogP contribution is 2.28. The number of ether oxygens (including phenoxy) is 3. The van der Waals surface area contributed by atoms with Gasteiger partial charge in [0, 0.05) is 12.8 Å². The molecule has 0 heterocycles. The third-order valence-electron chi connectivity index (χ3n) is 5.29. The molecule has 1 fully saturated rings. The Hall–Kier alpha value is -2.50. The van der Waals surface area contributed by atoms with Gasteiger partial charge in [-0.3, -0.25) is 14.1 Å². The second-order valence-electron chi connectivity index (χ2n) is 7.89. The summed E-state index contributed by atoms with van der Waals surface area (Å²) in [6.07, 6.45) is 0.968. The Balaban J connectivity index is 1.72. The number of esters is 3. The van der Waals surface area contributed by atoms with Crippen molar-refractivity contribution in [3.05, 3.63) is 29.8 Å². The summed E-state index contributed by atoms with van der Waals surface area (Å²) < 4.78 is 47.0. The van der Waals surface area contributed by atoms with Crippen molar-refractivity contribution in [2.75, 3.05) is 13.2 Å². The van der Waals surface area contributed by atoms with Gasteiger partial charge in [-0.25, -0.2) is 4.79 Å². The molecule has 2 N–H and O–H groups in total. The summed E-state index contributed by atoms with van der Waals surface area (Å²) >= 11 is 0. The van der Waals surface area contributed by atoms with E-state index in [1.54, 1.807) is 6.92 Å². The zero-order chi connectivity index (χ0) is 24.4. The Morgan fingerprint density at radius 1 is 1.06 bits per heavy atom. The summed E-state index contributed by atoms with van der Waals surface area (Å²) in [4.78, 5) is 35.0. The van der Waals surface area contributed by atoms with Crippen LogP contribution >= 0.6 is 0 Å². The molecule has 0 aliphatic heterocycles. The van der Waals surface area contributed by atoms with Gasteiger partial charge in [0.15, 0.2) is 0 Å². The van der Waals surface area contributed by atoms with Crippen molar-refractivity contribution in [1.29, 1.82) is 0 Å². The minimum Gasteiger partial charge on any atom is -0.466 e. The molecule has 3 atom stereocenters. The van der Waals surface area contributed by atoms with Gasteiger partial charge >= 0.3 is 17.9 Å². The molecular formula is C22H30O10S. The molecule has 0 saturated heterocycles. The molecule has 1 saturated carbocycles. The van der Waals surface area contributed by atoms with E-state index in [1.807, 2.05) is 0 Å². The molecule has 1 aromatic rings. The van der Waals surface area contributed by atoms with E-state index in [4.69, 9.17) is 18.8 Å².